The zero-order valence-corrected chi connectivity index (χ0v) is 18.5. The molecule has 1 heterocycles. The Balaban J connectivity index is 1.38. The highest BCUT2D eigenvalue weighted by molar-refractivity contribution is 9.10. The smallest absolute Gasteiger partial charge is 0.338 e. The molecule has 6 heteroatoms. The van der Waals surface area contributed by atoms with Crippen LogP contribution in [0.25, 0.3) is 11.3 Å². The average Bonchev–Trinajstić information content (AvgIpc) is 3.43. The van der Waals surface area contributed by atoms with Crippen LogP contribution in [0.4, 0.5) is 0 Å². The van der Waals surface area contributed by atoms with Crippen molar-refractivity contribution in [2.75, 3.05) is 0 Å². The predicted molar refractivity (Wildman–Crippen MR) is 119 cm³/mol. The fraction of sp³-hybridized carbons (Fsp3) is 0.250. The Morgan fingerprint density at radius 2 is 2.00 bits per heavy atom. The molecule has 152 valence electrons. The Morgan fingerprint density at radius 1 is 1.20 bits per heavy atom. The monoisotopic (exact) mass is 483 g/mol. The van der Waals surface area contributed by atoms with Gasteiger partial charge in [0.05, 0.1) is 10.6 Å². The number of benzene rings is 2. The number of nitrogens with zero attached hydrogens (tertiary/aromatic N) is 1. The van der Waals surface area contributed by atoms with Crippen LogP contribution in [-0.4, -0.2) is 11.1 Å². The minimum atomic E-state index is -0.481. The van der Waals surface area contributed by atoms with Gasteiger partial charge in [0.2, 0.25) is 0 Å². The van der Waals surface area contributed by atoms with Crippen LogP contribution in [0.5, 0.6) is 0 Å². The highest BCUT2D eigenvalue weighted by Crippen LogP contribution is 2.28. The minimum absolute atomic E-state index is 0.0167. The molecule has 0 amide bonds. The van der Waals surface area contributed by atoms with Gasteiger partial charge in [-0.05, 0) is 37.1 Å². The average molecular weight is 485 g/mol. The second-order valence-electron chi connectivity index (χ2n) is 7.18. The van der Waals surface area contributed by atoms with Gasteiger partial charge < -0.3 is 9.26 Å². The zero-order valence-electron chi connectivity index (χ0n) is 16.2. The number of halogens is 2. The molecule has 0 N–H and O–H groups in total. The van der Waals surface area contributed by atoms with Gasteiger partial charge in [-0.25, -0.2) is 4.79 Å². The Morgan fingerprint density at radius 3 is 2.77 bits per heavy atom. The molecule has 3 aromatic rings. The maximum absolute atomic E-state index is 12.4. The van der Waals surface area contributed by atoms with Crippen molar-refractivity contribution in [3.63, 3.8) is 0 Å². The maximum Gasteiger partial charge on any atom is 0.338 e. The Kier molecular flexibility index (Phi) is 6.56. The van der Waals surface area contributed by atoms with Gasteiger partial charge in [-0.15, -0.1) is 0 Å². The SMILES string of the molecule is O=C(OCc1cc(-c2ccccc2Br)no1)c1ccc(C#CC2CCCC2)c(Cl)c1. The lowest BCUT2D eigenvalue weighted by molar-refractivity contribution is 0.0437. The summed E-state index contributed by atoms with van der Waals surface area (Å²) >= 11 is 9.81. The summed E-state index contributed by atoms with van der Waals surface area (Å²) in [5.74, 6) is 6.85. The molecule has 0 atom stereocenters. The van der Waals surface area contributed by atoms with Gasteiger partial charge in [-0.3, -0.25) is 0 Å². The van der Waals surface area contributed by atoms with Crippen LogP contribution in [0, 0.1) is 17.8 Å². The van der Waals surface area contributed by atoms with Gasteiger partial charge in [0.1, 0.15) is 5.69 Å². The molecule has 1 fully saturated rings. The number of hydrogen-bond donors (Lipinski definition) is 0. The topological polar surface area (TPSA) is 52.3 Å². The quantitative estimate of drug-likeness (QED) is 0.307. The molecule has 0 bridgehead atoms. The van der Waals surface area contributed by atoms with Crippen molar-refractivity contribution in [1.29, 1.82) is 0 Å². The summed E-state index contributed by atoms with van der Waals surface area (Å²) in [6.07, 6.45) is 4.79. The number of ether oxygens (including phenoxy) is 1. The summed E-state index contributed by atoms with van der Waals surface area (Å²) in [5.41, 5.74) is 2.67. The van der Waals surface area contributed by atoms with E-state index in [4.69, 9.17) is 20.9 Å². The van der Waals surface area contributed by atoms with Crippen molar-refractivity contribution >= 4 is 33.5 Å². The van der Waals surface area contributed by atoms with Crippen LogP contribution in [0.15, 0.2) is 57.5 Å². The van der Waals surface area contributed by atoms with Gasteiger partial charge >= 0.3 is 5.97 Å². The third-order valence-electron chi connectivity index (χ3n) is 5.03. The largest absolute Gasteiger partial charge is 0.454 e. The molecular formula is C24H19BrClNO3. The molecule has 0 aliphatic heterocycles. The zero-order chi connectivity index (χ0) is 20.9. The predicted octanol–water partition coefficient (Wildman–Crippen LogP) is 6.66. The van der Waals surface area contributed by atoms with E-state index in [-0.39, 0.29) is 6.61 Å². The molecule has 1 aromatic heterocycles. The van der Waals surface area contributed by atoms with E-state index in [0.717, 1.165) is 28.4 Å². The van der Waals surface area contributed by atoms with Crippen LogP contribution >= 0.6 is 27.5 Å². The molecule has 0 unspecified atom stereocenters. The van der Waals surface area contributed by atoms with E-state index in [9.17, 15) is 4.79 Å². The first-order valence-corrected chi connectivity index (χ1v) is 11.0. The molecule has 1 aliphatic carbocycles. The number of hydrogen-bond acceptors (Lipinski definition) is 4. The first-order chi connectivity index (χ1) is 14.6. The van der Waals surface area contributed by atoms with Gasteiger partial charge in [0.25, 0.3) is 0 Å². The van der Waals surface area contributed by atoms with E-state index in [1.165, 1.54) is 12.8 Å². The number of rotatable bonds is 4. The number of aromatic nitrogens is 1. The Bertz CT molecular complexity index is 1120. The van der Waals surface area contributed by atoms with Crippen molar-refractivity contribution in [3.05, 3.63) is 74.9 Å². The van der Waals surface area contributed by atoms with Crippen molar-refractivity contribution in [1.82, 2.24) is 5.16 Å². The lowest BCUT2D eigenvalue weighted by Crippen LogP contribution is -2.05. The fourth-order valence-electron chi connectivity index (χ4n) is 3.39. The molecule has 1 saturated carbocycles. The van der Waals surface area contributed by atoms with Gasteiger partial charge in [-0.1, -0.05) is 75.6 Å². The van der Waals surface area contributed by atoms with Crippen molar-refractivity contribution < 1.29 is 14.1 Å². The highest BCUT2D eigenvalue weighted by atomic mass is 79.9. The summed E-state index contributed by atoms with van der Waals surface area (Å²) in [4.78, 5) is 12.4. The maximum atomic E-state index is 12.4. The van der Waals surface area contributed by atoms with Crippen LogP contribution in [0.1, 0.15) is 47.4 Å². The summed E-state index contributed by atoms with van der Waals surface area (Å²) in [5, 5.41) is 4.49. The standard InChI is InChI=1S/C24H19BrClNO3/c25-21-8-4-3-7-20(21)23-14-19(30-27-23)15-29-24(28)18-12-11-17(22(26)13-18)10-9-16-5-1-2-6-16/h3-4,7-8,11-14,16H,1-2,5-6,15H2. The van der Waals surface area contributed by atoms with Gasteiger partial charge in [0.15, 0.2) is 12.4 Å². The molecule has 4 rings (SSSR count). The molecule has 30 heavy (non-hydrogen) atoms. The molecule has 2 aromatic carbocycles. The number of esters is 1. The second-order valence-corrected chi connectivity index (χ2v) is 8.44. The molecular weight excluding hydrogens is 466 g/mol. The number of carbonyl (C=O) groups excluding carboxylic acids is 1. The van der Waals surface area contributed by atoms with Crippen molar-refractivity contribution in [3.8, 4) is 23.1 Å². The molecule has 4 nitrogen and oxygen atoms in total. The summed E-state index contributed by atoms with van der Waals surface area (Å²) in [6.45, 7) is -0.0167. The Labute approximate surface area is 188 Å². The summed E-state index contributed by atoms with van der Waals surface area (Å²) in [7, 11) is 0. The molecule has 0 spiro atoms. The van der Waals surface area contributed by atoms with Gasteiger partial charge in [0, 0.05) is 27.6 Å². The normalized spacial score (nSPS) is 13.7. The van der Waals surface area contributed by atoms with Crippen LogP contribution in [0.2, 0.25) is 5.02 Å². The van der Waals surface area contributed by atoms with E-state index in [1.807, 2.05) is 24.3 Å². The van der Waals surface area contributed by atoms with E-state index < -0.39 is 5.97 Å². The third kappa shape index (κ3) is 4.95. The highest BCUT2D eigenvalue weighted by Gasteiger charge is 2.14. The number of carbonyl (C=O) groups is 1. The summed E-state index contributed by atoms with van der Waals surface area (Å²) in [6, 6.07) is 14.5. The Hall–Kier alpha value is -2.55. The molecule has 0 saturated heterocycles. The fourth-order valence-corrected chi connectivity index (χ4v) is 4.11. The lowest BCUT2D eigenvalue weighted by Gasteiger charge is -2.04. The van der Waals surface area contributed by atoms with E-state index in [0.29, 0.717) is 28.0 Å². The van der Waals surface area contributed by atoms with Crippen LogP contribution in [-0.2, 0) is 11.3 Å². The van der Waals surface area contributed by atoms with Crippen molar-refractivity contribution in [2.45, 2.75) is 32.3 Å². The van der Waals surface area contributed by atoms with Crippen molar-refractivity contribution in [2.24, 2.45) is 5.92 Å². The first kappa shape index (κ1) is 20.7. The minimum Gasteiger partial charge on any atom is -0.454 e. The second kappa shape index (κ2) is 9.51. The van der Waals surface area contributed by atoms with E-state index in [1.54, 1.807) is 24.3 Å². The van der Waals surface area contributed by atoms with Crippen LogP contribution in [0.3, 0.4) is 0 Å². The molecule has 0 radical (unpaired) electrons. The van der Waals surface area contributed by atoms with Crippen LogP contribution < -0.4 is 0 Å². The third-order valence-corrected chi connectivity index (χ3v) is 6.03. The summed E-state index contributed by atoms with van der Waals surface area (Å²) < 4.78 is 11.6. The van der Waals surface area contributed by atoms with E-state index in [2.05, 4.69) is 32.9 Å². The lowest BCUT2D eigenvalue weighted by atomic mass is 10.1. The van der Waals surface area contributed by atoms with E-state index >= 15 is 0 Å². The first-order valence-electron chi connectivity index (χ1n) is 9.79. The van der Waals surface area contributed by atoms with Gasteiger partial charge in [-0.2, -0.15) is 0 Å². The molecule has 1 aliphatic rings.